The third kappa shape index (κ3) is 6.57. The summed E-state index contributed by atoms with van der Waals surface area (Å²) in [6, 6.07) is 14.8. The highest BCUT2D eigenvalue weighted by atomic mass is 16.5. The van der Waals surface area contributed by atoms with Crippen LogP contribution in [-0.2, 0) is 0 Å². The van der Waals surface area contributed by atoms with Crippen LogP contribution >= 0.6 is 0 Å². The molecule has 8 nitrogen and oxygen atoms in total. The number of carbonyl (C=O) groups is 1. The monoisotopic (exact) mass is 494 g/mol. The molecule has 3 aromatic rings. The topological polar surface area (TPSA) is 77.9 Å². The van der Waals surface area contributed by atoms with Crippen molar-refractivity contribution in [3.05, 3.63) is 54.2 Å². The number of ether oxygens (including phenoxy) is 3. The second kappa shape index (κ2) is 13.0. The maximum absolute atomic E-state index is 13.4. The summed E-state index contributed by atoms with van der Waals surface area (Å²) in [5.41, 5.74) is 2.61. The molecule has 36 heavy (non-hydrogen) atoms. The minimum absolute atomic E-state index is 0.0336. The molecule has 8 heteroatoms. The quantitative estimate of drug-likeness (QED) is 0.368. The molecule has 1 unspecified atom stereocenters. The normalized spacial score (nSPS) is 11.9. The lowest BCUT2D eigenvalue weighted by Gasteiger charge is -2.20. The number of rotatable bonds is 13. The fourth-order valence-electron chi connectivity index (χ4n) is 4.14. The number of hydrogen-bond donors (Lipinski definition) is 1. The van der Waals surface area contributed by atoms with Crippen molar-refractivity contribution in [1.29, 1.82) is 0 Å². The van der Waals surface area contributed by atoms with E-state index >= 15 is 0 Å². The van der Waals surface area contributed by atoms with Gasteiger partial charge < -0.3 is 24.4 Å². The van der Waals surface area contributed by atoms with Crippen LogP contribution in [0.15, 0.2) is 48.5 Å². The van der Waals surface area contributed by atoms with Crippen LogP contribution in [0.3, 0.4) is 0 Å². The molecule has 1 atom stereocenters. The van der Waals surface area contributed by atoms with Gasteiger partial charge in [0.05, 0.1) is 32.7 Å². The van der Waals surface area contributed by atoms with Crippen LogP contribution in [0.1, 0.15) is 44.1 Å². The number of hydrogen-bond acceptors (Lipinski definition) is 6. The Hall–Kier alpha value is -3.52. The summed E-state index contributed by atoms with van der Waals surface area (Å²) in [6.07, 6.45) is 1.92. The second-order valence-corrected chi connectivity index (χ2v) is 8.63. The maximum Gasteiger partial charge on any atom is 0.270 e. The average molecular weight is 495 g/mol. The van der Waals surface area contributed by atoms with Crippen LogP contribution in [0, 0.1) is 0 Å². The van der Waals surface area contributed by atoms with Gasteiger partial charge in [-0.05, 0) is 81.9 Å². The van der Waals surface area contributed by atoms with E-state index in [0.717, 1.165) is 49.5 Å². The van der Waals surface area contributed by atoms with Gasteiger partial charge in [-0.15, -0.1) is 0 Å². The first-order valence-corrected chi connectivity index (χ1v) is 12.4. The summed E-state index contributed by atoms with van der Waals surface area (Å²) in [5, 5.41) is 7.95. The minimum atomic E-state index is -0.174. The zero-order valence-electron chi connectivity index (χ0n) is 22.2. The summed E-state index contributed by atoms with van der Waals surface area (Å²) >= 11 is 0. The number of carbonyl (C=O) groups excluding carboxylic acids is 1. The lowest BCUT2D eigenvalue weighted by Crippen LogP contribution is -2.34. The molecular formula is C28H38N4O4. The van der Waals surface area contributed by atoms with Gasteiger partial charge in [-0.25, -0.2) is 4.68 Å². The molecule has 1 N–H and O–H groups in total. The summed E-state index contributed by atoms with van der Waals surface area (Å²) < 4.78 is 17.9. The summed E-state index contributed by atoms with van der Waals surface area (Å²) in [6.45, 7) is 9.49. The predicted molar refractivity (Wildman–Crippen MR) is 143 cm³/mol. The van der Waals surface area contributed by atoms with Crippen LogP contribution < -0.4 is 19.5 Å². The van der Waals surface area contributed by atoms with Crippen LogP contribution in [0.2, 0.25) is 0 Å². The smallest absolute Gasteiger partial charge is 0.270 e. The zero-order valence-corrected chi connectivity index (χ0v) is 22.2. The third-order valence-electron chi connectivity index (χ3n) is 6.33. The van der Waals surface area contributed by atoms with E-state index in [1.54, 1.807) is 38.1 Å². The van der Waals surface area contributed by atoms with Gasteiger partial charge in [0, 0.05) is 17.7 Å². The van der Waals surface area contributed by atoms with E-state index in [-0.39, 0.29) is 11.9 Å². The Morgan fingerprint density at radius 2 is 1.64 bits per heavy atom. The first kappa shape index (κ1) is 27.1. The highest BCUT2D eigenvalue weighted by Gasteiger charge is 2.21. The lowest BCUT2D eigenvalue weighted by molar-refractivity contribution is 0.0929. The van der Waals surface area contributed by atoms with Gasteiger partial charge in [0.25, 0.3) is 5.91 Å². The van der Waals surface area contributed by atoms with Crippen molar-refractivity contribution in [2.45, 2.75) is 39.7 Å². The van der Waals surface area contributed by atoms with Crippen molar-refractivity contribution in [3.8, 4) is 34.2 Å². The molecule has 1 aromatic heterocycles. The van der Waals surface area contributed by atoms with Crippen molar-refractivity contribution >= 4 is 5.91 Å². The van der Waals surface area contributed by atoms with E-state index in [0.29, 0.717) is 22.9 Å². The molecule has 2 aromatic carbocycles. The molecular weight excluding hydrogens is 456 g/mol. The van der Waals surface area contributed by atoms with Crippen molar-refractivity contribution in [2.75, 3.05) is 41.0 Å². The second-order valence-electron chi connectivity index (χ2n) is 8.63. The molecule has 1 amide bonds. The predicted octanol–water partition coefficient (Wildman–Crippen LogP) is 4.81. The van der Waals surface area contributed by atoms with E-state index in [1.165, 1.54) is 0 Å². The van der Waals surface area contributed by atoms with Gasteiger partial charge >= 0.3 is 0 Å². The molecule has 0 bridgehead atoms. The van der Waals surface area contributed by atoms with Crippen LogP contribution in [-0.4, -0.2) is 67.6 Å². The van der Waals surface area contributed by atoms with Crippen molar-refractivity contribution in [2.24, 2.45) is 0 Å². The zero-order chi connectivity index (χ0) is 26.1. The van der Waals surface area contributed by atoms with E-state index < -0.39 is 0 Å². The Labute approximate surface area is 214 Å². The third-order valence-corrected chi connectivity index (χ3v) is 6.33. The molecule has 194 valence electrons. The van der Waals surface area contributed by atoms with Crippen LogP contribution in [0.4, 0.5) is 0 Å². The minimum Gasteiger partial charge on any atom is -0.497 e. The Balaban J connectivity index is 1.90. The Kier molecular flexibility index (Phi) is 9.76. The molecule has 0 fully saturated rings. The van der Waals surface area contributed by atoms with Gasteiger partial charge in [0.1, 0.15) is 22.9 Å². The number of methoxy groups -OCH3 is 3. The molecule has 3 rings (SSSR count). The number of amides is 1. The molecule has 0 aliphatic carbocycles. The molecule has 0 spiro atoms. The van der Waals surface area contributed by atoms with E-state index in [9.17, 15) is 4.79 Å². The standard InChI is InChI=1S/C28H38N4O4/c1-7-31(8-2)17-9-10-20(3)29-28(33)26-19-25(24-16-15-23(35-5)18-27(24)36-6)30-32(26)21-11-13-22(34-4)14-12-21/h11-16,18-20H,7-10,17H2,1-6H3,(H,29,33). The van der Waals surface area contributed by atoms with E-state index in [2.05, 4.69) is 24.1 Å². The van der Waals surface area contributed by atoms with Crippen molar-refractivity contribution in [3.63, 3.8) is 0 Å². The number of nitrogens with one attached hydrogen (secondary N) is 1. The van der Waals surface area contributed by atoms with Crippen molar-refractivity contribution < 1.29 is 19.0 Å². The SMILES string of the molecule is CCN(CC)CCCC(C)NC(=O)c1cc(-c2ccc(OC)cc2OC)nn1-c1ccc(OC)cc1. The first-order chi connectivity index (χ1) is 17.4. The summed E-state index contributed by atoms with van der Waals surface area (Å²) in [5.74, 6) is 1.86. The number of nitrogens with zero attached hydrogens (tertiary/aromatic N) is 3. The fourth-order valence-corrected chi connectivity index (χ4v) is 4.14. The van der Waals surface area contributed by atoms with E-state index in [1.807, 2.05) is 43.3 Å². The first-order valence-electron chi connectivity index (χ1n) is 12.4. The van der Waals surface area contributed by atoms with Crippen LogP contribution in [0.25, 0.3) is 16.9 Å². The maximum atomic E-state index is 13.4. The number of aromatic nitrogens is 2. The highest BCUT2D eigenvalue weighted by Crippen LogP contribution is 2.33. The molecule has 0 aliphatic heterocycles. The van der Waals surface area contributed by atoms with Crippen LogP contribution in [0.5, 0.6) is 17.2 Å². The van der Waals surface area contributed by atoms with Gasteiger partial charge in [-0.2, -0.15) is 5.10 Å². The molecule has 0 radical (unpaired) electrons. The Morgan fingerprint density at radius 1 is 0.972 bits per heavy atom. The Morgan fingerprint density at radius 3 is 2.25 bits per heavy atom. The van der Waals surface area contributed by atoms with E-state index in [4.69, 9.17) is 19.3 Å². The molecule has 0 saturated carbocycles. The molecule has 0 aliphatic rings. The number of benzene rings is 2. The lowest BCUT2D eigenvalue weighted by atomic mass is 10.1. The Bertz CT molecular complexity index is 1120. The molecule has 0 saturated heterocycles. The van der Waals surface area contributed by atoms with Crippen molar-refractivity contribution in [1.82, 2.24) is 20.0 Å². The average Bonchev–Trinajstić information content (AvgIpc) is 3.36. The van der Waals surface area contributed by atoms with Gasteiger partial charge in [0.15, 0.2) is 0 Å². The highest BCUT2D eigenvalue weighted by molar-refractivity contribution is 5.94. The van der Waals surface area contributed by atoms with Gasteiger partial charge in [-0.1, -0.05) is 13.8 Å². The summed E-state index contributed by atoms with van der Waals surface area (Å²) in [7, 11) is 4.84. The largest absolute Gasteiger partial charge is 0.497 e. The van der Waals surface area contributed by atoms with Gasteiger partial charge in [0.2, 0.25) is 0 Å². The molecule has 1 heterocycles. The van der Waals surface area contributed by atoms with Gasteiger partial charge in [-0.3, -0.25) is 4.79 Å². The summed E-state index contributed by atoms with van der Waals surface area (Å²) in [4.78, 5) is 15.8. The fraction of sp³-hybridized carbons (Fsp3) is 0.429.